The molecule has 0 aliphatic carbocycles. The number of rotatable bonds is 9. The van der Waals surface area contributed by atoms with E-state index in [0.29, 0.717) is 43.4 Å². The van der Waals surface area contributed by atoms with Crippen LogP contribution in [0, 0.1) is 6.92 Å². The summed E-state index contributed by atoms with van der Waals surface area (Å²) in [5.41, 5.74) is 8.60. The van der Waals surface area contributed by atoms with Crippen LogP contribution < -0.4 is 20.5 Å². The molecule has 0 amide bonds. The lowest BCUT2D eigenvalue weighted by atomic mass is 10.2. The van der Waals surface area contributed by atoms with Crippen LogP contribution in [-0.4, -0.2) is 58.6 Å². The average molecular weight is 516 g/mol. The molecule has 0 saturated carbocycles. The van der Waals surface area contributed by atoms with Gasteiger partial charge < -0.3 is 20.5 Å². The molecule has 196 valence electrons. The zero-order valence-electron chi connectivity index (χ0n) is 21.2. The molecule has 2 aliphatic heterocycles. The molecular weight excluding hydrogens is 485 g/mol. The second-order valence-electron chi connectivity index (χ2n) is 9.11. The van der Waals surface area contributed by atoms with Crippen molar-refractivity contribution in [1.29, 1.82) is 0 Å². The maximum absolute atomic E-state index is 13.4. The number of likely N-dealkylation sites (tertiary alicyclic amines) is 1. The van der Waals surface area contributed by atoms with Crippen LogP contribution in [0.3, 0.4) is 0 Å². The fourth-order valence-corrected chi connectivity index (χ4v) is 4.38. The van der Waals surface area contributed by atoms with E-state index in [1.165, 1.54) is 12.7 Å². The van der Waals surface area contributed by atoms with Crippen molar-refractivity contribution in [1.82, 2.24) is 19.9 Å². The number of nitrogens with one attached hydrogen (secondary N) is 1. The van der Waals surface area contributed by atoms with Crippen LogP contribution in [0.5, 0.6) is 11.5 Å². The van der Waals surface area contributed by atoms with Crippen LogP contribution in [0.4, 0.5) is 15.9 Å². The van der Waals surface area contributed by atoms with Gasteiger partial charge in [-0.25, -0.2) is 19.4 Å². The predicted molar refractivity (Wildman–Crippen MR) is 147 cm³/mol. The third-order valence-corrected chi connectivity index (χ3v) is 6.34. The van der Waals surface area contributed by atoms with Crippen molar-refractivity contribution in [3.63, 3.8) is 0 Å². The molecule has 3 aromatic rings. The van der Waals surface area contributed by atoms with E-state index in [1.807, 2.05) is 43.3 Å². The van der Waals surface area contributed by atoms with Crippen molar-refractivity contribution in [2.45, 2.75) is 19.5 Å². The van der Waals surface area contributed by atoms with E-state index in [2.05, 4.69) is 31.9 Å². The van der Waals surface area contributed by atoms with Crippen LogP contribution in [0.2, 0.25) is 0 Å². The SMILES string of the molecule is C=C1C=C(Oc2ccc(Nc3ncnc4ccc(OCCN5CC[C@H](F)C5)cc34)cc2C)C=CN1/N=C\N. The van der Waals surface area contributed by atoms with Crippen LogP contribution in [0.1, 0.15) is 12.0 Å². The molecule has 3 heterocycles. The number of allylic oxidation sites excluding steroid dienone is 2. The molecule has 0 unspecified atom stereocenters. The van der Waals surface area contributed by atoms with Gasteiger partial charge in [-0.15, -0.1) is 0 Å². The number of nitrogens with two attached hydrogens (primary N) is 1. The van der Waals surface area contributed by atoms with Gasteiger partial charge in [0.25, 0.3) is 0 Å². The average Bonchev–Trinajstić information content (AvgIpc) is 3.32. The van der Waals surface area contributed by atoms with Gasteiger partial charge in [0.1, 0.15) is 48.5 Å². The van der Waals surface area contributed by atoms with Crippen LogP contribution in [0.25, 0.3) is 10.9 Å². The molecule has 9 nitrogen and oxygen atoms in total. The Kier molecular flexibility index (Phi) is 7.50. The fraction of sp³-hybridized carbons (Fsp3) is 0.250. The number of halogens is 1. The number of aromatic nitrogens is 2. The minimum Gasteiger partial charge on any atom is -0.492 e. The molecule has 1 aromatic heterocycles. The van der Waals surface area contributed by atoms with Crippen molar-refractivity contribution >= 4 is 28.7 Å². The highest BCUT2D eigenvalue weighted by Gasteiger charge is 2.21. The van der Waals surface area contributed by atoms with Crippen molar-refractivity contribution in [3.8, 4) is 11.5 Å². The number of hydrogen-bond donors (Lipinski definition) is 2. The first-order chi connectivity index (χ1) is 18.5. The standard InChI is InChI=1S/C28H30FN7O2/c1-19-13-22(3-6-27(19)38-24-8-10-36(33-17-30)20(2)14-24)34-28-25-15-23(4-5-26(25)31-18-32-28)37-12-11-35-9-7-21(29)16-35/h3-6,8,10,13-15,17-18,21H,2,7,9,11-12,16H2,1H3,(H2,30,33)(H,31,32,34)/t21-/m0/s1. The largest absolute Gasteiger partial charge is 0.492 e. The Bertz CT molecular complexity index is 1420. The summed E-state index contributed by atoms with van der Waals surface area (Å²) in [4.78, 5) is 10.9. The molecule has 2 aromatic carbocycles. The van der Waals surface area contributed by atoms with Crippen molar-refractivity contribution in [2.24, 2.45) is 10.8 Å². The maximum Gasteiger partial charge on any atom is 0.141 e. The van der Waals surface area contributed by atoms with Gasteiger partial charge in [0.2, 0.25) is 0 Å². The monoisotopic (exact) mass is 515 g/mol. The highest BCUT2D eigenvalue weighted by Crippen LogP contribution is 2.30. The van der Waals surface area contributed by atoms with E-state index in [9.17, 15) is 4.39 Å². The van der Waals surface area contributed by atoms with Gasteiger partial charge in [-0.1, -0.05) is 6.58 Å². The molecule has 1 atom stereocenters. The molecule has 3 N–H and O–H groups in total. The maximum atomic E-state index is 13.4. The van der Waals surface area contributed by atoms with Gasteiger partial charge in [0.05, 0.1) is 11.2 Å². The highest BCUT2D eigenvalue weighted by molar-refractivity contribution is 5.91. The van der Waals surface area contributed by atoms with Crippen molar-refractivity contribution in [3.05, 3.63) is 84.7 Å². The smallest absolute Gasteiger partial charge is 0.141 e. The van der Waals surface area contributed by atoms with Crippen molar-refractivity contribution < 1.29 is 13.9 Å². The molecule has 1 saturated heterocycles. The summed E-state index contributed by atoms with van der Waals surface area (Å²) in [7, 11) is 0. The molecule has 0 radical (unpaired) electrons. The first kappa shape index (κ1) is 25.2. The Morgan fingerprint density at radius 1 is 1.26 bits per heavy atom. The molecule has 10 heteroatoms. The highest BCUT2D eigenvalue weighted by atomic mass is 19.1. The third kappa shape index (κ3) is 5.92. The lowest BCUT2D eigenvalue weighted by molar-refractivity contribution is 0.225. The van der Waals surface area contributed by atoms with Crippen LogP contribution >= 0.6 is 0 Å². The number of benzene rings is 2. The number of aryl methyl sites for hydroxylation is 1. The number of anilines is 2. The van der Waals surface area contributed by atoms with E-state index in [4.69, 9.17) is 15.2 Å². The van der Waals surface area contributed by atoms with E-state index in [1.54, 1.807) is 23.4 Å². The number of alkyl halides is 1. The summed E-state index contributed by atoms with van der Waals surface area (Å²) in [5.74, 6) is 2.75. The number of fused-ring (bicyclic) bond motifs is 1. The predicted octanol–water partition coefficient (Wildman–Crippen LogP) is 4.61. The quantitative estimate of drug-likeness (QED) is 0.315. The minimum absolute atomic E-state index is 0.484. The van der Waals surface area contributed by atoms with Gasteiger partial charge in [-0.2, -0.15) is 5.10 Å². The third-order valence-electron chi connectivity index (χ3n) is 6.34. The topological polar surface area (TPSA) is 101 Å². The van der Waals surface area contributed by atoms with Gasteiger partial charge in [-0.3, -0.25) is 4.90 Å². The van der Waals surface area contributed by atoms with E-state index < -0.39 is 6.17 Å². The Morgan fingerprint density at radius 3 is 2.92 bits per heavy atom. The summed E-state index contributed by atoms with van der Waals surface area (Å²) in [6.45, 7) is 8.39. The minimum atomic E-state index is -0.727. The lowest BCUT2D eigenvalue weighted by Crippen LogP contribution is -2.26. The van der Waals surface area contributed by atoms with Crippen LogP contribution in [-0.2, 0) is 0 Å². The Labute approximate surface area is 220 Å². The Morgan fingerprint density at radius 2 is 2.16 bits per heavy atom. The van der Waals surface area contributed by atoms with Crippen molar-refractivity contribution in [2.75, 3.05) is 31.6 Å². The lowest BCUT2D eigenvalue weighted by Gasteiger charge is -2.20. The van der Waals surface area contributed by atoms with Crippen LogP contribution in [0.15, 0.2) is 84.2 Å². The summed E-state index contributed by atoms with van der Waals surface area (Å²) in [6.07, 6.45) is 7.92. The normalized spacial score (nSPS) is 17.8. The zero-order valence-corrected chi connectivity index (χ0v) is 21.2. The summed E-state index contributed by atoms with van der Waals surface area (Å²) in [6, 6.07) is 11.5. The van der Waals surface area contributed by atoms with Gasteiger partial charge in [0.15, 0.2) is 0 Å². The molecule has 5 rings (SSSR count). The van der Waals surface area contributed by atoms with E-state index in [-0.39, 0.29) is 0 Å². The molecule has 1 fully saturated rings. The Hall–Kier alpha value is -4.44. The second-order valence-corrected chi connectivity index (χ2v) is 9.11. The Balaban J connectivity index is 1.26. The number of nitrogens with zero attached hydrogens (tertiary/aromatic N) is 5. The first-order valence-corrected chi connectivity index (χ1v) is 12.4. The van der Waals surface area contributed by atoms with Gasteiger partial charge in [-0.05, 0) is 61.4 Å². The summed E-state index contributed by atoms with van der Waals surface area (Å²) < 4.78 is 25.4. The van der Waals surface area contributed by atoms with Gasteiger partial charge in [0, 0.05) is 43.0 Å². The molecule has 0 spiro atoms. The first-order valence-electron chi connectivity index (χ1n) is 12.4. The van der Waals surface area contributed by atoms with E-state index >= 15 is 0 Å². The molecular formula is C28H30FN7O2. The molecule has 0 bridgehead atoms. The molecule has 2 aliphatic rings. The second kappa shape index (κ2) is 11.3. The number of ether oxygens (including phenoxy) is 2. The number of hydrogen-bond acceptors (Lipinski definition) is 8. The van der Waals surface area contributed by atoms with E-state index in [0.717, 1.165) is 40.2 Å². The summed E-state index contributed by atoms with van der Waals surface area (Å²) in [5, 5.41) is 9.78. The summed E-state index contributed by atoms with van der Waals surface area (Å²) >= 11 is 0. The fourth-order valence-electron chi connectivity index (χ4n) is 4.38. The molecule has 38 heavy (non-hydrogen) atoms. The zero-order chi connectivity index (χ0) is 26.5. The van der Waals surface area contributed by atoms with Gasteiger partial charge >= 0.3 is 0 Å². The number of hydrazone groups is 1.